The number of hydrogen-bond donors (Lipinski definition) is 2. The van der Waals surface area contributed by atoms with Gasteiger partial charge in [0.05, 0.1) is 6.54 Å². The Bertz CT molecular complexity index is 488. The largest absolute Gasteiger partial charge is 0.454 e. The SMILES string of the molecule is CC(C)(C)OC(=O)NC1CCC(NCc2ccc(I)o2)CC1. The molecule has 1 heterocycles. The maximum Gasteiger partial charge on any atom is 0.407 e. The van der Waals surface area contributed by atoms with E-state index in [1.54, 1.807) is 0 Å². The van der Waals surface area contributed by atoms with Gasteiger partial charge >= 0.3 is 6.09 Å². The first-order valence-electron chi connectivity index (χ1n) is 7.79. The molecule has 1 aromatic heterocycles. The van der Waals surface area contributed by atoms with E-state index in [4.69, 9.17) is 9.15 Å². The van der Waals surface area contributed by atoms with Gasteiger partial charge in [-0.25, -0.2) is 4.79 Å². The zero-order chi connectivity index (χ0) is 16.2. The van der Waals surface area contributed by atoms with Crippen LogP contribution in [0, 0.1) is 3.77 Å². The van der Waals surface area contributed by atoms with Crippen molar-refractivity contribution >= 4 is 28.7 Å². The highest BCUT2D eigenvalue weighted by Crippen LogP contribution is 2.20. The summed E-state index contributed by atoms with van der Waals surface area (Å²) < 4.78 is 11.8. The van der Waals surface area contributed by atoms with Crippen molar-refractivity contribution in [2.24, 2.45) is 0 Å². The Morgan fingerprint density at radius 3 is 2.45 bits per heavy atom. The van der Waals surface area contributed by atoms with Crippen LogP contribution in [0.5, 0.6) is 0 Å². The Labute approximate surface area is 145 Å². The molecule has 0 spiro atoms. The second kappa shape index (κ2) is 7.68. The average molecular weight is 420 g/mol. The van der Waals surface area contributed by atoms with Crippen LogP contribution in [0.1, 0.15) is 52.2 Å². The van der Waals surface area contributed by atoms with Crippen LogP contribution in [-0.2, 0) is 11.3 Å². The summed E-state index contributed by atoms with van der Waals surface area (Å²) in [5.41, 5.74) is -0.441. The van der Waals surface area contributed by atoms with E-state index in [1.807, 2.05) is 32.9 Å². The third kappa shape index (κ3) is 6.16. The molecule has 1 aromatic rings. The van der Waals surface area contributed by atoms with Crippen molar-refractivity contribution in [3.05, 3.63) is 21.7 Å². The van der Waals surface area contributed by atoms with Gasteiger partial charge in [-0.15, -0.1) is 0 Å². The van der Waals surface area contributed by atoms with Crippen LogP contribution in [0.3, 0.4) is 0 Å². The number of carbonyl (C=O) groups excluding carboxylic acids is 1. The summed E-state index contributed by atoms with van der Waals surface area (Å²) in [4.78, 5) is 11.8. The van der Waals surface area contributed by atoms with Gasteiger partial charge in [-0.1, -0.05) is 0 Å². The topological polar surface area (TPSA) is 63.5 Å². The lowest BCUT2D eigenvalue weighted by atomic mass is 9.91. The van der Waals surface area contributed by atoms with Crippen molar-refractivity contribution < 1.29 is 13.9 Å². The Kier molecular flexibility index (Phi) is 6.14. The number of ether oxygens (including phenoxy) is 1. The van der Waals surface area contributed by atoms with Crippen molar-refractivity contribution in [3.63, 3.8) is 0 Å². The first-order chi connectivity index (χ1) is 10.3. The Hall–Kier alpha value is -0.760. The molecule has 1 amide bonds. The van der Waals surface area contributed by atoms with Gasteiger partial charge in [-0.05, 0) is 81.2 Å². The second-order valence-corrected chi connectivity index (χ2v) is 7.84. The molecule has 22 heavy (non-hydrogen) atoms. The molecule has 0 aromatic carbocycles. The first kappa shape index (κ1) is 17.6. The number of amides is 1. The van der Waals surface area contributed by atoms with E-state index in [0.29, 0.717) is 6.04 Å². The van der Waals surface area contributed by atoms with Crippen LogP contribution in [0.15, 0.2) is 16.5 Å². The number of furan rings is 1. The molecular weight excluding hydrogens is 395 g/mol. The Morgan fingerprint density at radius 1 is 1.27 bits per heavy atom. The van der Waals surface area contributed by atoms with Crippen molar-refractivity contribution in [2.75, 3.05) is 0 Å². The molecule has 1 aliphatic rings. The quantitative estimate of drug-likeness (QED) is 0.728. The summed E-state index contributed by atoms with van der Waals surface area (Å²) in [7, 11) is 0. The zero-order valence-electron chi connectivity index (χ0n) is 13.4. The van der Waals surface area contributed by atoms with Crippen LogP contribution in [-0.4, -0.2) is 23.8 Å². The molecular formula is C16H25IN2O3. The van der Waals surface area contributed by atoms with E-state index in [9.17, 15) is 4.79 Å². The highest BCUT2D eigenvalue weighted by molar-refractivity contribution is 14.1. The molecule has 0 radical (unpaired) electrons. The van der Waals surface area contributed by atoms with Crippen LogP contribution >= 0.6 is 22.6 Å². The van der Waals surface area contributed by atoms with Crippen molar-refractivity contribution in [1.29, 1.82) is 0 Å². The maximum absolute atomic E-state index is 11.8. The van der Waals surface area contributed by atoms with Gasteiger partial charge in [-0.2, -0.15) is 0 Å². The molecule has 5 nitrogen and oxygen atoms in total. The maximum atomic E-state index is 11.8. The number of nitrogens with one attached hydrogen (secondary N) is 2. The Morgan fingerprint density at radius 2 is 1.91 bits per heavy atom. The minimum absolute atomic E-state index is 0.220. The third-order valence-electron chi connectivity index (χ3n) is 3.64. The summed E-state index contributed by atoms with van der Waals surface area (Å²) in [6.07, 6.45) is 3.75. The molecule has 6 heteroatoms. The molecule has 0 unspecified atom stereocenters. The fraction of sp³-hybridized carbons (Fsp3) is 0.688. The highest BCUT2D eigenvalue weighted by Gasteiger charge is 2.24. The lowest BCUT2D eigenvalue weighted by molar-refractivity contribution is 0.0489. The molecule has 1 saturated carbocycles. The van der Waals surface area contributed by atoms with Crippen LogP contribution in [0.25, 0.3) is 0 Å². The fourth-order valence-corrected chi connectivity index (χ4v) is 3.07. The number of alkyl carbamates (subject to hydrolysis) is 1. The van der Waals surface area contributed by atoms with Gasteiger partial charge in [0.2, 0.25) is 0 Å². The molecule has 0 atom stereocenters. The van der Waals surface area contributed by atoms with Crippen LogP contribution < -0.4 is 10.6 Å². The van der Waals surface area contributed by atoms with Crippen LogP contribution in [0.2, 0.25) is 0 Å². The first-order valence-corrected chi connectivity index (χ1v) is 8.87. The van der Waals surface area contributed by atoms with Gasteiger partial charge in [0, 0.05) is 12.1 Å². The monoisotopic (exact) mass is 420 g/mol. The molecule has 1 aliphatic carbocycles. The van der Waals surface area contributed by atoms with Crippen molar-refractivity contribution in [3.8, 4) is 0 Å². The standard InChI is InChI=1S/C16H25IN2O3/c1-16(2,3)22-15(20)19-12-6-4-11(5-7-12)18-10-13-8-9-14(17)21-13/h8-9,11-12,18H,4-7,10H2,1-3H3,(H,19,20). The van der Waals surface area contributed by atoms with E-state index in [1.165, 1.54) is 0 Å². The van der Waals surface area contributed by atoms with Gasteiger partial charge in [0.25, 0.3) is 0 Å². The molecule has 0 saturated heterocycles. The van der Waals surface area contributed by atoms with Crippen molar-refractivity contribution in [2.45, 2.75) is 70.7 Å². The average Bonchev–Trinajstić information content (AvgIpc) is 2.81. The number of hydrogen-bond acceptors (Lipinski definition) is 4. The zero-order valence-corrected chi connectivity index (χ0v) is 15.6. The highest BCUT2D eigenvalue weighted by atomic mass is 127. The molecule has 2 rings (SSSR count). The van der Waals surface area contributed by atoms with E-state index < -0.39 is 5.60 Å². The smallest absolute Gasteiger partial charge is 0.407 e. The summed E-state index contributed by atoms with van der Waals surface area (Å²) in [5, 5.41) is 6.49. The number of halogens is 1. The van der Waals surface area contributed by atoms with E-state index in [-0.39, 0.29) is 12.1 Å². The van der Waals surface area contributed by atoms with Gasteiger partial charge in [-0.3, -0.25) is 0 Å². The van der Waals surface area contributed by atoms with Gasteiger partial charge in [0.1, 0.15) is 11.4 Å². The minimum Gasteiger partial charge on any atom is -0.454 e. The summed E-state index contributed by atoms with van der Waals surface area (Å²) in [5.74, 6) is 0.971. The predicted octanol–water partition coefficient (Wildman–Crippen LogP) is 3.81. The molecule has 2 N–H and O–H groups in total. The van der Waals surface area contributed by atoms with Crippen LogP contribution in [0.4, 0.5) is 4.79 Å². The van der Waals surface area contributed by atoms with E-state index in [0.717, 1.165) is 41.8 Å². The van der Waals surface area contributed by atoms with Gasteiger partial charge < -0.3 is 19.8 Å². The van der Waals surface area contributed by atoms with Crippen molar-refractivity contribution in [1.82, 2.24) is 10.6 Å². The molecule has 124 valence electrons. The van der Waals surface area contributed by atoms with E-state index >= 15 is 0 Å². The second-order valence-electron chi connectivity index (χ2n) is 6.78. The fourth-order valence-electron chi connectivity index (χ4n) is 2.61. The summed E-state index contributed by atoms with van der Waals surface area (Å²) in [6.45, 7) is 6.40. The Balaban J connectivity index is 1.66. The number of rotatable bonds is 4. The summed E-state index contributed by atoms with van der Waals surface area (Å²) in [6, 6.07) is 4.68. The lowest BCUT2D eigenvalue weighted by Crippen LogP contribution is -2.43. The molecule has 1 fully saturated rings. The van der Waals surface area contributed by atoms with E-state index in [2.05, 4.69) is 33.2 Å². The summed E-state index contributed by atoms with van der Waals surface area (Å²) >= 11 is 2.17. The number of carbonyl (C=O) groups is 1. The minimum atomic E-state index is -0.441. The molecule has 0 bridgehead atoms. The van der Waals surface area contributed by atoms with Gasteiger partial charge in [0.15, 0.2) is 3.77 Å². The lowest BCUT2D eigenvalue weighted by Gasteiger charge is -2.30. The normalized spacial score (nSPS) is 22.4. The molecule has 0 aliphatic heterocycles. The third-order valence-corrected chi connectivity index (χ3v) is 4.22. The predicted molar refractivity (Wildman–Crippen MR) is 93.7 cm³/mol.